The van der Waals surface area contributed by atoms with E-state index in [-0.39, 0.29) is 5.75 Å². The maximum atomic E-state index is 9.51. The van der Waals surface area contributed by atoms with Crippen LogP contribution in [-0.4, -0.2) is 17.2 Å². The average molecular weight is 344 g/mol. The molecule has 0 radical (unpaired) electrons. The van der Waals surface area contributed by atoms with Crippen molar-refractivity contribution in [1.29, 1.82) is 0 Å². The van der Waals surface area contributed by atoms with Gasteiger partial charge in [-0.3, -0.25) is 0 Å². The zero-order chi connectivity index (χ0) is 13.8. The summed E-state index contributed by atoms with van der Waals surface area (Å²) in [6, 6.07) is 7.06. The molecule has 0 aliphatic carbocycles. The van der Waals surface area contributed by atoms with Crippen LogP contribution in [0.4, 0.5) is 5.69 Å². The summed E-state index contributed by atoms with van der Waals surface area (Å²) in [6.07, 6.45) is 1.66. The zero-order valence-electron chi connectivity index (χ0n) is 10.2. The van der Waals surface area contributed by atoms with Crippen LogP contribution in [-0.2, 0) is 6.54 Å². The predicted octanol–water partition coefficient (Wildman–Crippen LogP) is 3.82. The summed E-state index contributed by atoms with van der Waals surface area (Å²) in [7, 11) is 1.52. The van der Waals surface area contributed by atoms with Gasteiger partial charge in [-0.15, -0.1) is 0 Å². The molecule has 0 fully saturated rings. The normalized spacial score (nSPS) is 10.3. The number of hydrogen-bond donors (Lipinski definition) is 2. The summed E-state index contributed by atoms with van der Waals surface area (Å²) in [6.45, 7) is 0.590. The maximum Gasteiger partial charge on any atom is 0.160 e. The van der Waals surface area contributed by atoms with Gasteiger partial charge in [0.2, 0.25) is 0 Å². The first-order chi connectivity index (χ1) is 9.10. The molecule has 100 valence electrons. The SMILES string of the molecule is COc1cc(CNc2cnc(Cl)c(Br)c2)ccc1O. The molecule has 2 N–H and O–H groups in total. The predicted molar refractivity (Wildman–Crippen MR) is 78.9 cm³/mol. The number of phenolic OH excluding ortho intramolecular Hbond substituents is 1. The number of hydrogen-bond acceptors (Lipinski definition) is 4. The van der Waals surface area contributed by atoms with Gasteiger partial charge in [0.1, 0.15) is 5.15 Å². The lowest BCUT2D eigenvalue weighted by Crippen LogP contribution is -2.00. The first kappa shape index (κ1) is 14.0. The number of rotatable bonds is 4. The van der Waals surface area contributed by atoms with Crippen LogP contribution in [0.25, 0.3) is 0 Å². The van der Waals surface area contributed by atoms with Crippen molar-refractivity contribution in [3.8, 4) is 11.5 Å². The Morgan fingerprint density at radius 1 is 1.42 bits per heavy atom. The van der Waals surface area contributed by atoms with E-state index in [0.29, 0.717) is 17.4 Å². The van der Waals surface area contributed by atoms with Crippen molar-refractivity contribution in [2.45, 2.75) is 6.54 Å². The molecule has 0 aliphatic heterocycles. The second kappa shape index (κ2) is 6.12. The number of methoxy groups -OCH3 is 1. The van der Waals surface area contributed by atoms with Crippen LogP contribution in [0.3, 0.4) is 0 Å². The van der Waals surface area contributed by atoms with Crippen molar-refractivity contribution >= 4 is 33.2 Å². The smallest absolute Gasteiger partial charge is 0.160 e. The Hall–Kier alpha value is -1.46. The molecule has 6 heteroatoms. The van der Waals surface area contributed by atoms with Gasteiger partial charge in [0.25, 0.3) is 0 Å². The number of phenols is 1. The van der Waals surface area contributed by atoms with Gasteiger partial charge < -0.3 is 15.2 Å². The Kier molecular flexibility index (Phi) is 4.50. The van der Waals surface area contributed by atoms with Crippen LogP contribution < -0.4 is 10.1 Å². The molecule has 0 saturated heterocycles. The number of nitrogens with one attached hydrogen (secondary N) is 1. The lowest BCUT2D eigenvalue weighted by Gasteiger charge is -2.09. The topological polar surface area (TPSA) is 54.4 Å². The third-order valence-electron chi connectivity index (χ3n) is 2.54. The molecule has 4 nitrogen and oxygen atoms in total. The molecule has 0 bridgehead atoms. The molecule has 0 atom stereocenters. The largest absolute Gasteiger partial charge is 0.504 e. The summed E-state index contributed by atoms with van der Waals surface area (Å²) < 4.78 is 5.80. The van der Waals surface area contributed by atoms with Crippen molar-refractivity contribution in [2.24, 2.45) is 0 Å². The quantitative estimate of drug-likeness (QED) is 0.829. The van der Waals surface area contributed by atoms with E-state index in [1.165, 1.54) is 7.11 Å². The Bertz CT molecular complexity index is 593. The van der Waals surface area contributed by atoms with Crippen LogP contribution in [0.1, 0.15) is 5.56 Å². The van der Waals surface area contributed by atoms with Gasteiger partial charge in [-0.05, 0) is 39.7 Å². The molecule has 1 aromatic heterocycles. The third kappa shape index (κ3) is 3.52. The number of aromatic nitrogens is 1. The summed E-state index contributed by atoms with van der Waals surface area (Å²) in [5.41, 5.74) is 1.84. The average Bonchev–Trinajstić information content (AvgIpc) is 2.41. The standard InChI is InChI=1S/C13H12BrClN2O2/c1-19-12-4-8(2-3-11(12)18)6-16-9-5-10(14)13(15)17-7-9/h2-5,7,16,18H,6H2,1H3. The third-order valence-corrected chi connectivity index (χ3v) is 3.67. The van der Waals surface area contributed by atoms with Crippen LogP contribution in [0.15, 0.2) is 34.9 Å². The molecule has 1 aromatic carbocycles. The molecule has 2 rings (SSSR count). The Balaban J connectivity index is 2.07. The number of nitrogens with zero attached hydrogens (tertiary/aromatic N) is 1. The monoisotopic (exact) mass is 342 g/mol. The van der Waals surface area contributed by atoms with Gasteiger partial charge in [0.05, 0.1) is 23.5 Å². The van der Waals surface area contributed by atoms with Crippen molar-refractivity contribution < 1.29 is 9.84 Å². The molecule has 0 aliphatic rings. The van der Waals surface area contributed by atoms with Gasteiger partial charge >= 0.3 is 0 Å². The van der Waals surface area contributed by atoms with Gasteiger partial charge in [-0.1, -0.05) is 17.7 Å². The van der Waals surface area contributed by atoms with Crippen LogP contribution in [0.2, 0.25) is 5.15 Å². The highest BCUT2D eigenvalue weighted by Crippen LogP contribution is 2.27. The van der Waals surface area contributed by atoms with E-state index in [1.54, 1.807) is 18.3 Å². The number of halogens is 2. The van der Waals surface area contributed by atoms with Crippen molar-refractivity contribution in [2.75, 3.05) is 12.4 Å². The Morgan fingerprint density at radius 3 is 2.89 bits per heavy atom. The zero-order valence-corrected chi connectivity index (χ0v) is 12.5. The molecule has 2 aromatic rings. The van der Waals surface area contributed by atoms with E-state index in [4.69, 9.17) is 16.3 Å². The minimum Gasteiger partial charge on any atom is -0.504 e. The van der Waals surface area contributed by atoms with Crippen molar-refractivity contribution in [1.82, 2.24) is 4.98 Å². The number of ether oxygens (including phenoxy) is 1. The van der Waals surface area contributed by atoms with Crippen molar-refractivity contribution in [3.05, 3.63) is 45.7 Å². The number of anilines is 1. The van der Waals surface area contributed by atoms with E-state index in [1.807, 2.05) is 12.1 Å². The first-order valence-corrected chi connectivity index (χ1v) is 6.68. The molecule has 0 amide bonds. The highest BCUT2D eigenvalue weighted by Gasteiger charge is 2.04. The number of benzene rings is 1. The first-order valence-electron chi connectivity index (χ1n) is 5.51. The molecular weight excluding hydrogens is 332 g/mol. The van der Waals surface area contributed by atoms with E-state index in [0.717, 1.165) is 15.7 Å². The fourth-order valence-corrected chi connectivity index (χ4v) is 2.01. The molecule has 0 unspecified atom stereocenters. The molecular formula is C13H12BrClN2O2. The van der Waals surface area contributed by atoms with E-state index in [2.05, 4.69) is 26.2 Å². The van der Waals surface area contributed by atoms with Crippen LogP contribution in [0, 0.1) is 0 Å². The lowest BCUT2D eigenvalue weighted by atomic mass is 10.2. The maximum absolute atomic E-state index is 9.51. The number of pyridine rings is 1. The van der Waals surface area contributed by atoms with Gasteiger partial charge in [-0.2, -0.15) is 0 Å². The fraction of sp³-hybridized carbons (Fsp3) is 0.154. The van der Waals surface area contributed by atoms with E-state index < -0.39 is 0 Å². The van der Waals surface area contributed by atoms with Gasteiger partial charge in [0.15, 0.2) is 11.5 Å². The fourth-order valence-electron chi connectivity index (χ4n) is 1.55. The highest BCUT2D eigenvalue weighted by molar-refractivity contribution is 9.10. The molecule has 19 heavy (non-hydrogen) atoms. The van der Waals surface area contributed by atoms with Gasteiger partial charge in [0, 0.05) is 6.54 Å². The van der Waals surface area contributed by atoms with Gasteiger partial charge in [-0.25, -0.2) is 4.98 Å². The van der Waals surface area contributed by atoms with Crippen LogP contribution in [0.5, 0.6) is 11.5 Å². The van der Waals surface area contributed by atoms with Crippen molar-refractivity contribution in [3.63, 3.8) is 0 Å². The van der Waals surface area contributed by atoms with Crippen LogP contribution >= 0.6 is 27.5 Å². The minimum absolute atomic E-state index is 0.127. The van der Waals surface area contributed by atoms with E-state index in [9.17, 15) is 5.11 Å². The van der Waals surface area contributed by atoms with E-state index >= 15 is 0 Å². The minimum atomic E-state index is 0.127. The lowest BCUT2D eigenvalue weighted by molar-refractivity contribution is 0.373. The summed E-state index contributed by atoms with van der Waals surface area (Å²) >= 11 is 9.14. The second-order valence-electron chi connectivity index (χ2n) is 3.86. The number of aromatic hydroxyl groups is 1. The Labute approximate surface area is 124 Å². The highest BCUT2D eigenvalue weighted by atomic mass is 79.9. The second-order valence-corrected chi connectivity index (χ2v) is 5.07. The Morgan fingerprint density at radius 2 is 2.21 bits per heavy atom. The molecule has 0 saturated carbocycles. The summed E-state index contributed by atoms with van der Waals surface area (Å²) in [5, 5.41) is 13.1. The molecule has 0 spiro atoms. The summed E-state index contributed by atoms with van der Waals surface area (Å²) in [4.78, 5) is 4.03. The summed E-state index contributed by atoms with van der Waals surface area (Å²) in [5.74, 6) is 0.580. The molecule has 1 heterocycles.